The highest BCUT2D eigenvalue weighted by molar-refractivity contribution is 8.14. The lowest BCUT2D eigenvalue weighted by molar-refractivity contribution is -0.118. The normalized spacial score (nSPS) is 18.8. The first kappa shape index (κ1) is 31.0. The van der Waals surface area contributed by atoms with E-state index >= 15 is 0 Å². The standard InChI is InChI=1S/C23H36N5O7PS2/c1-22(2,3)20(29)37-9-7-33-36(31,34-8-10-38-21(30)23(4,5)6)35-16-11-15(12-32-16)28-14-27-17-18(24)25-13-26-19(17)28/h13-16H,7-12H2,1-6H3,(H2,24,25,26)/t15-,16+/m1/s1. The predicted octanol–water partition coefficient (Wildman–Crippen LogP) is 4.47. The van der Waals surface area contributed by atoms with Gasteiger partial charge in [0, 0.05) is 28.8 Å². The van der Waals surface area contributed by atoms with Gasteiger partial charge >= 0.3 is 7.82 Å². The second kappa shape index (κ2) is 12.8. The van der Waals surface area contributed by atoms with Gasteiger partial charge in [0.05, 0.1) is 32.2 Å². The molecule has 0 aliphatic carbocycles. The molecule has 38 heavy (non-hydrogen) atoms. The largest absolute Gasteiger partial charge is 0.477 e. The van der Waals surface area contributed by atoms with Gasteiger partial charge in [0.15, 0.2) is 28.0 Å². The number of hydrogen-bond acceptors (Lipinski definition) is 13. The maximum Gasteiger partial charge on any atom is 0.477 e. The van der Waals surface area contributed by atoms with E-state index in [4.69, 9.17) is 24.0 Å². The maximum absolute atomic E-state index is 13.5. The number of nitrogens with two attached hydrogens (primary N) is 1. The second-order valence-corrected chi connectivity index (χ2v) is 14.5. The highest BCUT2D eigenvalue weighted by atomic mass is 32.2. The number of imidazole rings is 1. The first-order chi connectivity index (χ1) is 17.7. The van der Waals surface area contributed by atoms with Gasteiger partial charge in [-0.25, -0.2) is 19.5 Å². The predicted molar refractivity (Wildman–Crippen MR) is 148 cm³/mol. The maximum atomic E-state index is 13.5. The minimum atomic E-state index is -4.07. The van der Waals surface area contributed by atoms with Crippen LogP contribution >= 0.6 is 31.3 Å². The topological polar surface area (TPSA) is 158 Å². The summed E-state index contributed by atoms with van der Waals surface area (Å²) in [5.74, 6) is 0.832. The van der Waals surface area contributed by atoms with E-state index in [9.17, 15) is 14.2 Å². The number of fused-ring (bicyclic) bond motifs is 1. The average Bonchev–Trinajstić information content (AvgIpc) is 3.45. The minimum Gasteiger partial charge on any atom is -0.382 e. The van der Waals surface area contributed by atoms with Crippen molar-refractivity contribution in [3.63, 3.8) is 0 Å². The zero-order valence-electron chi connectivity index (χ0n) is 22.5. The van der Waals surface area contributed by atoms with E-state index in [1.54, 1.807) is 6.33 Å². The molecule has 0 aromatic carbocycles. The fourth-order valence-electron chi connectivity index (χ4n) is 3.22. The Hall–Kier alpha value is -1.54. The molecule has 1 fully saturated rings. The van der Waals surface area contributed by atoms with Gasteiger partial charge in [0.1, 0.15) is 11.8 Å². The summed E-state index contributed by atoms with van der Waals surface area (Å²) in [4.78, 5) is 36.9. The Morgan fingerprint density at radius 2 is 1.63 bits per heavy atom. The van der Waals surface area contributed by atoms with Crippen molar-refractivity contribution < 1.29 is 32.5 Å². The molecule has 212 valence electrons. The molecule has 3 rings (SSSR count). The summed E-state index contributed by atoms with van der Waals surface area (Å²) in [5, 5.41) is -0.0114. The number of anilines is 1. The van der Waals surface area contributed by atoms with Gasteiger partial charge in [-0.3, -0.25) is 23.2 Å². The Morgan fingerprint density at radius 3 is 2.18 bits per heavy atom. The summed E-state index contributed by atoms with van der Waals surface area (Å²) in [6.45, 7) is 11.2. The van der Waals surface area contributed by atoms with Crippen molar-refractivity contribution in [2.75, 3.05) is 37.1 Å². The van der Waals surface area contributed by atoms with Gasteiger partial charge < -0.3 is 15.0 Å². The van der Waals surface area contributed by atoms with Crippen LogP contribution in [0.3, 0.4) is 0 Å². The first-order valence-electron chi connectivity index (χ1n) is 12.2. The molecule has 1 aliphatic rings. The number of rotatable bonds is 11. The molecule has 0 saturated carbocycles. The van der Waals surface area contributed by atoms with E-state index in [2.05, 4.69) is 15.0 Å². The first-order valence-corrected chi connectivity index (χ1v) is 15.6. The summed E-state index contributed by atoms with van der Waals surface area (Å²) >= 11 is 2.19. The van der Waals surface area contributed by atoms with E-state index in [1.165, 1.54) is 6.33 Å². The van der Waals surface area contributed by atoms with Crippen molar-refractivity contribution >= 4 is 58.6 Å². The number of ether oxygens (including phenoxy) is 1. The van der Waals surface area contributed by atoms with Crippen molar-refractivity contribution in [3.05, 3.63) is 12.7 Å². The number of carbonyl (C=O) groups is 2. The number of phosphoric acid groups is 1. The second-order valence-electron chi connectivity index (χ2n) is 10.7. The van der Waals surface area contributed by atoms with Crippen LogP contribution in [0.5, 0.6) is 0 Å². The van der Waals surface area contributed by atoms with Gasteiger partial charge in [-0.1, -0.05) is 65.1 Å². The molecular formula is C23H36N5O7PS2. The summed E-state index contributed by atoms with van der Waals surface area (Å²) in [6, 6.07) is -0.201. The minimum absolute atomic E-state index is 0.00571. The number of thioether (sulfide) groups is 2. The lowest BCUT2D eigenvalue weighted by Gasteiger charge is -2.22. The summed E-state index contributed by atoms with van der Waals surface area (Å²) in [5.41, 5.74) is 5.92. The van der Waals surface area contributed by atoms with Gasteiger partial charge in [-0.15, -0.1) is 0 Å². The number of carbonyl (C=O) groups excluding carboxylic acids is 2. The third kappa shape index (κ3) is 8.48. The number of nitrogens with zero attached hydrogens (tertiary/aromatic N) is 4. The molecule has 2 N–H and O–H groups in total. The quantitative estimate of drug-likeness (QED) is 0.289. The Kier molecular flexibility index (Phi) is 10.4. The molecule has 0 bridgehead atoms. The van der Waals surface area contributed by atoms with Crippen molar-refractivity contribution in [1.29, 1.82) is 0 Å². The summed E-state index contributed by atoms with van der Waals surface area (Å²) in [7, 11) is -4.07. The smallest absolute Gasteiger partial charge is 0.382 e. The molecule has 0 radical (unpaired) electrons. The zero-order valence-corrected chi connectivity index (χ0v) is 25.1. The average molecular weight is 590 g/mol. The highest BCUT2D eigenvalue weighted by Crippen LogP contribution is 2.52. The van der Waals surface area contributed by atoms with Crippen LogP contribution in [-0.4, -0.2) is 67.4 Å². The fourth-order valence-corrected chi connectivity index (χ4v) is 6.30. The monoisotopic (exact) mass is 589 g/mol. The van der Waals surface area contributed by atoms with Crippen molar-refractivity contribution in [2.45, 2.75) is 60.3 Å². The Morgan fingerprint density at radius 1 is 1.05 bits per heavy atom. The molecule has 3 heterocycles. The number of phosphoric ester groups is 1. The molecule has 0 amide bonds. The van der Waals surface area contributed by atoms with Crippen molar-refractivity contribution in [2.24, 2.45) is 10.8 Å². The van der Waals surface area contributed by atoms with E-state index in [-0.39, 0.29) is 53.4 Å². The van der Waals surface area contributed by atoms with E-state index in [0.717, 1.165) is 23.5 Å². The van der Waals surface area contributed by atoms with Crippen LogP contribution < -0.4 is 5.73 Å². The van der Waals surface area contributed by atoms with Crippen molar-refractivity contribution in [1.82, 2.24) is 19.5 Å². The Labute approximate surface area is 231 Å². The Balaban J connectivity index is 1.61. The van der Waals surface area contributed by atoms with Crippen molar-refractivity contribution in [3.8, 4) is 0 Å². The van der Waals surface area contributed by atoms with E-state index < -0.39 is 24.9 Å². The molecule has 0 unspecified atom stereocenters. The SMILES string of the molecule is CC(C)(C)C(=O)SCCOP(=O)(OCCSC(=O)C(C)(C)C)O[C@H]1C[C@@H](n2cnc3c(N)ncnc32)CO1. The Bertz CT molecular complexity index is 1140. The van der Waals surface area contributed by atoms with Gasteiger partial charge in [-0.05, 0) is 0 Å². The van der Waals surface area contributed by atoms with Gasteiger partial charge in [0.2, 0.25) is 0 Å². The summed E-state index contributed by atoms with van der Waals surface area (Å²) in [6.07, 6.45) is 2.42. The van der Waals surface area contributed by atoms with E-state index in [1.807, 2.05) is 46.1 Å². The molecule has 1 saturated heterocycles. The highest BCUT2D eigenvalue weighted by Gasteiger charge is 2.37. The molecule has 2 aromatic heterocycles. The van der Waals surface area contributed by atoms with Crippen LogP contribution in [0.4, 0.5) is 5.82 Å². The van der Waals surface area contributed by atoms with Crippen LogP contribution in [0, 0.1) is 10.8 Å². The number of aromatic nitrogens is 4. The lowest BCUT2D eigenvalue weighted by atomic mass is 9.99. The van der Waals surface area contributed by atoms with E-state index in [0.29, 0.717) is 17.6 Å². The number of nitrogen functional groups attached to an aromatic ring is 1. The molecule has 12 nitrogen and oxygen atoms in total. The van der Waals surface area contributed by atoms with Gasteiger partial charge in [0.25, 0.3) is 0 Å². The zero-order chi connectivity index (χ0) is 28.1. The third-order valence-corrected chi connectivity index (χ3v) is 9.30. The molecule has 0 spiro atoms. The van der Waals surface area contributed by atoms with Crippen LogP contribution in [0.1, 0.15) is 54.0 Å². The lowest BCUT2D eigenvalue weighted by Crippen LogP contribution is -2.19. The van der Waals surface area contributed by atoms with Crippen LogP contribution in [0.2, 0.25) is 0 Å². The molecule has 1 aliphatic heterocycles. The molecular weight excluding hydrogens is 553 g/mol. The fraction of sp³-hybridized carbons (Fsp3) is 0.696. The molecule has 15 heteroatoms. The van der Waals surface area contributed by atoms with Gasteiger partial charge in [-0.2, -0.15) is 0 Å². The summed E-state index contributed by atoms with van der Waals surface area (Å²) < 4.78 is 37.9. The van der Waals surface area contributed by atoms with Crippen LogP contribution in [0.25, 0.3) is 11.2 Å². The third-order valence-electron chi connectivity index (χ3n) is 5.32. The van der Waals surface area contributed by atoms with Crippen LogP contribution in [-0.2, 0) is 32.5 Å². The number of hydrogen-bond donors (Lipinski definition) is 1. The molecule has 2 aromatic rings. The molecule has 2 atom stereocenters. The van der Waals surface area contributed by atoms with Crippen LogP contribution in [0.15, 0.2) is 12.7 Å².